The molecule has 0 radical (unpaired) electrons. The minimum Gasteiger partial charge on any atom is -0.410 e. The van der Waals surface area contributed by atoms with Crippen LogP contribution in [0, 0.1) is 18.8 Å². The first-order chi connectivity index (χ1) is 14.0. The number of ether oxygens (including phenoxy) is 1. The maximum atomic E-state index is 13.4. The fourth-order valence-electron chi connectivity index (χ4n) is 5.68. The molecular weight excluding hydrogens is 358 g/mol. The number of nitrogens with zero attached hydrogens (tertiary/aromatic N) is 1. The molecule has 2 aromatic carbocycles. The molecule has 0 saturated heterocycles. The second-order valence-corrected chi connectivity index (χ2v) is 9.11. The van der Waals surface area contributed by atoms with Crippen LogP contribution < -0.4 is 4.74 Å². The lowest BCUT2D eigenvalue weighted by Crippen LogP contribution is -2.47. The average Bonchev–Trinajstić information content (AvgIpc) is 3.31. The third-order valence-corrected chi connectivity index (χ3v) is 6.98. The van der Waals surface area contributed by atoms with E-state index in [1.54, 1.807) is 0 Å². The van der Waals surface area contributed by atoms with Gasteiger partial charge in [-0.25, -0.2) is 4.79 Å². The van der Waals surface area contributed by atoms with E-state index in [-0.39, 0.29) is 12.1 Å². The van der Waals surface area contributed by atoms with Gasteiger partial charge in [0.1, 0.15) is 5.75 Å². The van der Waals surface area contributed by atoms with Crippen LogP contribution in [0.4, 0.5) is 4.79 Å². The number of benzene rings is 2. The molecule has 29 heavy (non-hydrogen) atoms. The van der Waals surface area contributed by atoms with E-state index in [0.29, 0.717) is 36.0 Å². The molecule has 4 rings (SSSR count). The zero-order chi connectivity index (χ0) is 20.5. The summed E-state index contributed by atoms with van der Waals surface area (Å²) in [6.07, 6.45) is 3.54. The van der Waals surface area contributed by atoms with Gasteiger partial charge in [-0.3, -0.25) is 0 Å². The molecule has 0 N–H and O–H groups in total. The highest BCUT2D eigenvalue weighted by Gasteiger charge is 2.51. The molecule has 0 spiro atoms. The molecule has 2 saturated carbocycles. The van der Waals surface area contributed by atoms with Crippen LogP contribution in [0.2, 0.25) is 0 Å². The Labute approximate surface area is 175 Å². The van der Waals surface area contributed by atoms with E-state index in [4.69, 9.17) is 4.74 Å². The molecule has 3 heteroatoms. The Morgan fingerprint density at radius 1 is 1.10 bits per heavy atom. The van der Waals surface area contributed by atoms with Gasteiger partial charge in [-0.15, -0.1) is 0 Å². The van der Waals surface area contributed by atoms with Crippen LogP contribution in [0.5, 0.6) is 5.75 Å². The molecule has 1 amide bonds. The average molecular weight is 392 g/mol. The number of aryl methyl sites for hydroxylation is 1. The predicted octanol–water partition coefficient (Wildman–Crippen LogP) is 6.52. The predicted molar refractivity (Wildman–Crippen MR) is 117 cm³/mol. The maximum absolute atomic E-state index is 13.4. The van der Waals surface area contributed by atoms with Gasteiger partial charge in [0.05, 0.1) is 0 Å². The highest BCUT2D eigenvalue weighted by Crippen LogP contribution is 2.55. The van der Waals surface area contributed by atoms with E-state index in [1.165, 1.54) is 24.8 Å². The summed E-state index contributed by atoms with van der Waals surface area (Å²) < 4.78 is 6.03. The Hall–Kier alpha value is -2.29. The van der Waals surface area contributed by atoms with Crippen molar-refractivity contribution in [3.8, 4) is 5.75 Å². The van der Waals surface area contributed by atoms with Crippen molar-refractivity contribution in [2.45, 2.75) is 64.8 Å². The van der Waals surface area contributed by atoms with E-state index >= 15 is 0 Å². The summed E-state index contributed by atoms with van der Waals surface area (Å²) in [5.74, 6) is 2.71. The van der Waals surface area contributed by atoms with Gasteiger partial charge in [0.25, 0.3) is 0 Å². The monoisotopic (exact) mass is 391 g/mol. The number of carbonyl (C=O) groups is 1. The molecule has 0 aliphatic heterocycles. The summed E-state index contributed by atoms with van der Waals surface area (Å²) in [4.78, 5) is 15.4. The van der Waals surface area contributed by atoms with Gasteiger partial charge in [0.15, 0.2) is 0 Å². The van der Waals surface area contributed by atoms with Gasteiger partial charge in [-0.1, -0.05) is 56.3 Å². The fraction of sp³-hybridized carbons (Fsp3) is 0.500. The number of hydrogen-bond acceptors (Lipinski definition) is 2. The van der Waals surface area contributed by atoms with Gasteiger partial charge in [-0.2, -0.15) is 0 Å². The summed E-state index contributed by atoms with van der Waals surface area (Å²) in [7, 11) is 0. The number of rotatable bonds is 5. The topological polar surface area (TPSA) is 29.5 Å². The lowest BCUT2D eigenvalue weighted by atomic mass is 9.79. The molecule has 2 aliphatic rings. The van der Waals surface area contributed by atoms with Crippen LogP contribution in [0.1, 0.15) is 68.6 Å². The van der Waals surface area contributed by atoms with Crippen LogP contribution in [0.25, 0.3) is 0 Å². The zero-order valence-electron chi connectivity index (χ0n) is 18.1. The minimum atomic E-state index is -0.196. The van der Waals surface area contributed by atoms with Crippen LogP contribution in [0.3, 0.4) is 0 Å². The zero-order valence-corrected chi connectivity index (χ0v) is 18.1. The number of carbonyl (C=O) groups excluding carboxylic acids is 1. The Kier molecular flexibility index (Phi) is 5.67. The molecular formula is C26H33NO2. The third kappa shape index (κ3) is 3.80. The summed E-state index contributed by atoms with van der Waals surface area (Å²) in [6, 6.07) is 17.2. The Morgan fingerprint density at radius 2 is 1.83 bits per heavy atom. The smallest absolute Gasteiger partial charge is 0.410 e. The third-order valence-electron chi connectivity index (χ3n) is 6.98. The van der Waals surface area contributed by atoms with Gasteiger partial charge in [0.2, 0.25) is 0 Å². The van der Waals surface area contributed by atoms with Gasteiger partial charge >= 0.3 is 6.09 Å². The van der Waals surface area contributed by atoms with Crippen LogP contribution in [-0.4, -0.2) is 23.6 Å². The Balaban J connectivity index is 1.61. The van der Waals surface area contributed by atoms with Crippen molar-refractivity contribution in [1.29, 1.82) is 0 Å². The molecule has 2 aliphatic carbocycles. The van der Waals surface area contributed by atoms with Gasteiger partial charge in [-0.05, 0) is 73.6 Å². The maximum Gasteiger partial charge on any atom is 0.415 e. The molecule has 4 unspecified atom stereocenters. The second kappa shape index (κ2) is 8.22. The highest BCUT2D eigenvalue weighted by atomic mass is 16.6. The van der Waals surface area contributed by atoms with E-state index in [0.717, 1.165) is 11.1 Å². The molecule has 2 fully saturated rings. The first-order valence-electron chi connectivity index (χ1n) is 11.1. The minimum absolute atomic E-state index is 0.196. The van der Waals surface area contributed by atoms with E-state index in [1.807, 2.05) is 17.9 Å². The normalized spacial score (nSPS) is 25.4. The van der Waals surface area contributed by atoms with Crippen molar-refractivity contribution in [2.24, 2.45) is 11.8 Å². The summed E-state index contributed by atoms with van der Waals surface area (Å²) in [6.45, 7) is 9.08. The summed E-state index contributed by atoms with van der Waals surface area (Å²) in [5.41, 5.74) is 3.57. The number of hydrogen-bond donors (Lipinski definition) is 0. The second-order valence-electron chi connectivity index (χ2n) is 9.11. The SMILES string of the molecule is CCN(C(=O)Oc1cc(C)ccc1C(C)C)C1C2CCC(C2)C1c1ccccc1. The lowest BCUT2D eigenvalue weighted by molar-refractivity contribution is 0.105. The Morgan fingerprint density at radius 3 is 2.52 bits per heavy atom. The van der Waals surface area contributed by atoms with E-state index < -0.39 is 0 Å². The van der Waals surface area contributed by atoms with Crippen molar-refractivity contribution < 1.29 is 9.53 Å². The summed E-state index contributed by atoms with van der Waals surface area (Å²) in [5, 5.41) is 0. The number of likely N-dealkylation sites (N-methyl/N-ethyl adjacent to an activating group) is 1. The number of fused-ring (bicyclic) bond motifs is 2. The molecule has 4 atom stereocenters. The molecule has 0 heterocycles. The van der Waals surface area contributed by atoms with Crippen LogP contribution in [0.15, 0.2) is 48.5 Å². The molecule has 3 nitrogen and oxygen atoms in total. The molecule has 0 aromatic heterocycles. The fourth-order valence-corrected chi connectivity index (χ4v) is 5.68. The largest absolute Gasteiger partial charge is 0.415 e. The van der Waals surface area contributed by atoms with E-state index in [9.17, 15) is 4.79 Å². The van der Waals surface area contributed by atoms with Gasteiger partial charge in [0, 0.05) is 18.5 Å². The summed E-state index contributed by atoms with van der Waals surface area (Å²) >= 11 is 0. The molecule has 2 aromatic rings. The quantitative estimate of drug-likeness (QED) is 0.580. The highest BCUT2D eigenvalue weighted by molar-refractivity contribution is 5.72. The number of amides is 1. The first kappa shape index (κ1) is 20.0. The van der Waals surface area contributed by atoms with Crippen LogP contribution >= 0.6 is 0 Å². The molecule has 154 valence electrons. The van der Waals surface area contributed by atoms with Crippen molar-refractivity contribution in [1.82, 2.24) is 4.90 Å². The first-order valence-corrected chi connectivity index (χ1v) is 11.1. The van der Waals surface area contributed by atoms with Crippen LogP contribution in [-0.2, 0) is 0 Å². The standard InChI is InChI=1S/C26H33NO2/c1-5-27(26(28)29-23-15-18(4)11-14-22(23)17(2)3)25-21-13-12-20(16-21)24(25)19-9-7-6-8-10-19/h6-11,14-15,17,20-21,24-25H,5,12-13,16H2,1-4H3. The van der Waals surface area contributed by atoms with Crippen molar-refractivity contribution in [2.75, 3.05) is 6.54 Å². The van der Waals surface area contributed by atoms with E-state index in [2.05, 4.69) is 63.2 Å². The van der Waals surface area contributed by atoms with Crippen molar-refractivity contribution in [3.05, 3.63) is 65.2 Å². The van der Waals surface area contributed by atoms with Crippen molar-refractivity contribution in [3.63, 3.8) is 0 Å². The van der Waals surface area contributed by atoms with Gasteiger partial charge < -0.3 is 9.64 Å². The Bertz CT molecular complexity index is 860. The van der Waals surface area contributed by atoms with Crippen molar-refractivity contribution >= 4 is 6.09 Å². The molecule has 2 bridgehead atoms. The lowest BCUT2D eigenvalue weighted by Gasteiger charge is -2.39.